The zero-order valence-corrected chi connectivity index (χ0v) is 26.1. The maximum atomic E-state index is 14.4. The normalized spacial score (nSPS) is 11.9. The molecule has 0 saturated heterocycles. The summed E-state index contributed by atoms with van der Waals surface area (Å²) in [5, 5.41) is 2.91. The first-order valence-corrected chi connectivity index (χ1v) is 16.0. The summed E-state index contributed by atoms with van der Waals surface area (Å²) >= 11 is 0. The van der Waals surface area contributed by atoms with Crippen LogP contribution in [0, 0.1) is 19.7 Å². The van der Waals surface area contributed by atoms with Crippen molar-refractivity contribution in [2.75, 3.05) is 17.4 Å². The summed E-state index contributed by atoms with van der Waals surface area (Å²) in [4.78, 5) is 29.5. The number of hydrogen-bond acceptors (Lipinski definition) is 4. The molecule has 0 aliphatic heterocycles. The summed E-state index contributed by atoms with van der Waals surface area (Å²) in [6.45, 7) is 5.48. The lowest BCUT2D eigenvalue weighted by Gasteiger charge is -2.34. The van der Waals surface area contributed by atoms with E-state index in [0.717, 1.165) is 21.0 Å². The number of carbonyl (C=O) groups is 2. The number of hydrogen-bond donors (Lipinski definition) is 1. The number of benzene rings is 4. The number of halogens is 1. The van der Waals surface area contributed by atoms with Crippen molar-refractivity contribution in [1.29, 1.82) is 0 Å². The Hall–Kier alpha value is -4.50. The van der Waals surface area contributed by atoms with E-state index in [1.165, 1.54) is 29.2 Å². The Balaban J connectivity index is 1.79. The molecular formula is C35H38FN3O4S. The molecule has 0 aromatic heterocycles. The molecule has 9 heteroatoms. The average Bonchev–Trinajstić information content (AvgIpc) is 3.01. The van der Waals surface area contributed by atoms with E-state index in [4.69, 9.17) is 0 Å². The van der Waals surface area contributed by atoms with Crippen molar-refractivity contribution in [2.45, 2.75) is 51.1 Å². The third-order valence-corrected chi connectivity index (χ3v) is 9.05. The van der Waals surface area contributed by atoms with E-state index in [9.17, 15) is 22.4 Å². The molecule has 2 amide bonds. The SMILES string of the molecule is CCCNC(=O)C(Cc1ccccc1)N(Cc1ccc(F)cc1)C(=O)CN(c1cccc(C)c1)S(=O)(=O)c1ccc(C)cc1. The molecule has 44 heavy (non-hydrogen) atoms. The molecule has 0 fully saturated rings. The minimum Gasteiger partial charge on any atom is -0.354 e. The van der Waals surface area contributed by atoms with Crippen molar-refractivity contribution in [3.05, 3.63) is 131 Å². The molecule has 0 radical (unpaired) electrons. The largest absolute Gasteiger partial charge is 0.354 e. The summed E-state index contributed by atoms with van der Waals surface area (Å²) < 4.78 is 43.0. The van der Waals surface area contributed by atoms with Crippen LogP contribution in [-0.2, 0) is 32.6 Å². The molecule has 0 aliphatic rings. The van der Waals surface area contributed by atoms with Gasteiger partial charge in [-0.3, -0.25) is 13.9 Å². The van der Waals surface area contributed by atoms with Crippen molar-refractivity contribution in [2.24, 2.45) is 0 Å². The van der Waals surface area contributed by atoms with Gasteiger partial charge < -0.3 is 10.2 Å². The van der Waals surface area contributed by atoms with Crippen LogP contribution in [0.5, 0.6) is 0 Å². The highest BCUT2D eigenvalue weighted by Gasteiger charge is 2.34. The molecule has 4 rings (SSSR count). The van der Waals surface area contributed by atoms with E-state index < -0.39 is 34.3 Å². The Bertz CT molecular complexity index is 1660. The fourth-order valence-electron chi connectivity index (χ4n) is 4.86. The lowest BCUT2D eigenvalue weighted by molar-refractivity contribution is -0.140. The van der Waals surface area contributed by atoms with E-state index in [0.29, 0.717) is 24.2 Å². The standard InChI is InChI=1S/C35H38FN3O4S/c1-4-21-37-35(41)33(23-28-10-6-5-7-11-28)38(24-29-15-17-30(36)18-16-29)34(40)25-39(31-12-8-9-27(3)22-31)44(42,43)32-19-13-26(2)14-20-32/h5-20,22,33H,4,21,23-25H2,1-3H3,(H,37,41). The first-order valence-electron chi connectivity index (χ1n) is 14.6. The second kappa shape index (κ2) is 14.8. The Morgan fingerprint density at radius 3 is 2.14 bits per heavy atom. The van der Waals surface area contributed by atoms with Crippen molar-refractivity contribution >= 4 is 27.5 Å². The van der Waals surface area contributed by atoms with Gasteiger partial charge in [-0.15, -0.1) is 0 Å². The van der Waals surface area contributed by atoms with Crippen LogP contribution in [0.1, 0.15) is 35.6 Å². The van der Waals surface area contributed by atoms with E-state index in [1.807, 2.05) is 57.2 Å². The molecule has 7 nitrogen and oxygen atoms in total. The first-order chi connectivity index (χ1) is 21.1. The van der Waals surface area contributed by atoms with Gasteiger partial charge in [-0.2, -0.15) is 0 Å². The molecule has 1 N–H and O–H groups in total. The average molecular weight is 616 g/mol. The summed E-state index contributed by atoms with van der Waals surface area (Å²) in [5.41, 5.74) is 3.49. The van der Waals surface area contributed by atoms with Gasteiger partial charge in [-0.1, -0.05) is 79.2 Å². The highest BCUT2D eigenvalue weighted by atomic mass is 32.2. The number of aryl methyl sites for hydroxylation is 2. The van der Waals surface area contributed by atoms with E-state index in [1.54, 1.807) is 42.5 Å². The van der Waals surface area contributed by atoms with Crippen LogP contribution in [0.2, 0.25) is 0 Å². The molecule has 230 valence electrons. The summed E-state index contributed by atoms with van der Waals surface area (Å²) in [7, 11) is -4.18. The van der Waals surface area contributed by atoms with Crippen LogP contribution >= 0.6 is 0 Å². The molecule has 0 saturated carbocycles. The van der Waals surface area contributed by atoms with Crippen LogP contribution in [0.3, 0.4) is 0 Å². The van der Waals surface area contributed by atoms with Gasteiger partial charge in [-0.25, -0.2) is 12.8 Å². The maximum absolute atomic E-state index is 14.4. The molecular weight excluding hydrogens is 577 g/mol. The molecule has 0 heterocycles. The fourth-order valence-corrected chi connectivity index (χ4v) is 6.26. The third kappa shape index (κ3) is 8.32. The van der Waals surface area contributed by atoms with E-state index in [-0.39, 0.29) is 23.8 Å². The lowest BCUT2D eigenvalue weighted by Crippen LogP contribution is -2.53. The van der Waals surface area contributed by atoms with Crippen molar-refractivity contribution in [1.82, 2.24) is 10.2 Å². The fraction of sp³-hybridized carbons (Fsp3) is 0.257. The minimum atomic E-state index is -4.18. The van der Waals surface area contributed by atoms with Crippen molar-refractivity contribution in [3.63, 3.8) is 0 Å². The van der Waals surface area contributed by atoms with Crippen LogP contribution in [0.15, 0.2) is 108 Å². The summed E-state index contributed by atoms with van der Waals surface area (Å²) in [6.07, 6.45) is 0.907. The Kier molecular flexibility index (Phi) is 10.9. The predicted octanol–water partition coefficient (Wildman–Crippen LogP) is 5.80. The van der Waals surface area contributed by atoms with Gasteiger partial charge in [0.15, 0.2) is 0 Å². The number of nitrogens with one attached hydrogen (secondary N) is 1. The Morgan fingerprint density at radius 1 is 0.818 bits per heavy atom. The van der Waals surface area contributed by atoms with Crippen LogP contribution in [-0.4, -0.2) is 44.3 Å². The van der Waals surface area contributed by atoms with Gasteiger partial charge in [0.25, 0.3) is 10.0 Å². The van der Waals surface area contributed by atoms with Gasteiger partial charge in [0.1, 0.15) is 18.4 Å². The number of sulfonamides is 1. The lowest BCUT2D eigenvalue weighted by atomic mass is 10.0. The van der Waals surface area contributed by atoms with Crippen LogP contribution < -0.4 is 9.62 Å². The second-order valence-corrected chi connectivity index (χ2v) is 12.7. The van der Waals surface area contributed by atoms with Gasteiger partial charge >= 0.3 is 0 Å². The quantitative estimate of drug-likeness (QED) is 0.206. The molecule has 1 unspecified atom stereocenters. The number of anilines is 1. The molecule has 4 aromatic carbocycles. The molecule has 0 spiro atoms. The maximum Gasteiger partial charge on any atom is 0.264 e. The highest BCUT2D eigenvalue weighted by Crippen LogP contribution is 2.26. The number of nitrogens with zero attached hydrogens (tertiary/aromatic N) is 2. The number of amides is 2. The predicted molar refractivity (Wildman–Crippen MR) is 171 cm³/mol. The molecule has 0 bridgehead atoms. The van der Waals surface area contributed by atoms with Gasteiger partial charge in [0.05, 0.1) is 10.6 Å². The summed E-state index contributed by atoms with van der Waals surface area (Å²) in [5.74, 6) is -1.35. The zero-order chi connectivity index (χ0) is 31.7. The summed E-state index contributed by atoms with van der Waals surface area (Å²) in [6, 6.07) is 27.5. The van der Waals surface area contributed by atoms with E-state index >= 15 is 0 Å². The highest BCUT2D eigenvalue weighted by molar-refractivity contribution is 7.92. The number of carbonyl (C=O) groups excluding carboxylic acids is 2. The van der Waals surface area contributed by atoms with Crippen molar-refractivity contribution < 1.29 is 22.4 Å². The molecule has 0 aliphatic carbocycles. The minimum absolute atomic E-state index is 0.0254. The van der Waals surface area contributed by atoms with Gasteiger partial charge in [0, 0.05) is 19.5 Å². The number of rotatable bonds is 13. The molecule has 1 atom stereocenters. The van der Waals surface area contributed by atoms with E-state index in [2.05, 4.69) is 5.32 Å². The second-order valence-electron chi connectivity index (χ2n) is 10.8. The Morgan fingerprint density at radius 2 is 1.50 bits per heavy atom. The first kappa shape index (κ1) is 32.4. The zero-order valence-electron chi connectivity index (χ0n) is 25.2. The third-order valence-electron chi connectivity index (χ3n) is 7.26. The van der Waals surface area contributed by atoms with Gasteiger partial charge in [-0.05, 0) is 73.4 Å². The molecule has 4 aromatic rings. The smallest absolute Gasteiger partial charge is 0.264 e. The van der Waals surface area contributed by atoms with Gasteiger partial charge in [0.2, 0.25) is 11.8 Å². The van der Waals surface area contributed by atoms with Crippen LogP contribution in [0.25, 0.3) is 0 Å². The monoisotopic (exact) mass is 615 g/mol. The topological polar surface area (TPSA) is 86.8 Å². The van der Waals surface area contributed by atoms with Crippen LogP contribution in [0.4, 0.5) is 10.1 Å². The van der Waals surface area contributed by atoms with Crippen molar-refractivity contribution in [3.8, 4) is 0 Å². The Labute approximate surface area is 259 Å².